The van der Waals surface area contributed by atoms with Crippen LogP contribution in [0.25, 0.3) is 0 Å². The summed E-state index contributed by atoms with van der Waals surface area (Å²) in [4.78, 5) is 11.8. The largest absolute Gasteiger partial charge is 0.385 e. The van der Waals surface area contributed by atoms with Crippen LogP contribution in [0.4, 0.5) is 0 Å². The number of ether oxygens (including phenoxy) is 1. The smallest absolute Gasteiger partial charge is 0.237 e. The molecule has 0 aromatic carbocycles. The molecular formula is C11H22N2O2. The summed E-state index contributed by atoms with van der Waals surface area (Å²) in [6.07, 6.45) is 4.17. The van der Waals surface area contributed by atoms with Crippen molar-refractivity contribution in [1.82, 2.24) is 10.6 Å². The lowest BCUT2D eigenvalue weighted by molar-refractivity contribution is -0.124. The maximum Gasteiger partial charge on any atom is 0.237 e. The van der Waals surface area contributed by atoms with Crippen molar-refractivity contribution in [2.75, 3.05) is 20.3 Å². The minimum absolute atomic E-state index is 0.0174. The fourth-order valence-corrected chi connectivity index (χ4v) is 1.79. The maximum atomic E-state index is 11.8. The highest BCUT2D eigenvalue weighted by Crippen LogP contribution is 2.07. The Balaban J connectivity index is 2.21. The predicted molar refractivity (Wildman–Crippen MR) is 59.7 cm³/mol. The van der Waals surface area contributed by atoms with Crippen LogP contribution in [0.2, 0.25) is 0 Å². The highest BCUT2D eigenvalue weighted by atomic mass is 16.5. The number of nitrogens with one attached hydrogen (secondary N) is 2. The molecule has 0 saturated carbocycles. The summed E-state index contributed by atoms with van der Waals surface area (Å²) in [5.74, 6) is 0.137. The zero-order valence-electron chi connectivity index (χ0n) is 9.71. The first-order valence-corrected chi connectivity index (χ1v) is 5.76. The Bertz CT molecular complexity index is 191. The van der Waals surface area contributed by atoms with Crippen LogP contribution in [0.5, 0.6) is 0 Å². The maximum absolute atomic E-state index is 11.8. The summed E-state index contributed by atoms with van der Waals surface area (Å²) in [5, 5.41) is 6.24. The molecule has 0 bridgehead atoms. The summed E-state index contributed by atoms with van der Waals surface area (Å²) in [6, 6.07) is 0.213. The Morgan fingerprint density at radius 3 is 3.00 bits per heavy atom. The summed E-state index contributed by atoms with van der Waals surface area (Å²) in [5.41, 5.74) is 0. The van der Waals surface area contributed by atoms with Crippen molar-refractivity contribution in [3.8, 4) is 0 Å². The van der Waals surface area contributed by atoms with Crippen molar-refractivity contribution in [3.05, 3.63) is 0 Å². The second-order valence-electron chi connectivity index (χ2n) is 4.19. The van der Waals surface area contributed by atoms with Crippen molar-refractivity contribution in [2.24, 2.45) is 0 Å². The van der Waals surface area contributed by atoms with E-state index in [1.165, 1.54) is 6.42 Å². The topological polar surface area (TPSA) is 50.4 Å². The molecule has 1 fully saturated rings. The van der Waals surface area contributed by atoms with Crippen LogP contribution in [0.3, 0.4) is 0 Å². The standard InChI is InChI=1S/C11H22N2O2/c1-9(6-8-15-2)13-11(14)10-5-3-4-7-12-10/h9-10,12H,3-8H2,1-2H3,(H,13,14)/t9?,10-/m1/s1. The van der Waals surface area contributed by atoms with Crippen LogP contribution in [-0.2, 0) is 9.53 Å². The van der Waals surface area contributed by atoms with Gasteiger partial charge in [-0.15, -0.1) is 0 Å². The molecule has 4 heteroatoms. The van der Waals surface area contributed by atoms with Crippen LogP contribution >= 0.6 is 0 Å². The predicted octanol–water partition coefficient (Wildman–Crippen LogP) is 0.670. The molecule has 1 aliphatic heterocycles. The van der Waals surface area contributed by atoms with E-state index in [-0.39, 0.29) is 18.0 Å². The third-order valence-electron chi connectivity index (χ3n) is 2.77. The Morgan fingerprint density at radius 2 is 2.40 bits per heavy atom. The third-order valence-corrected chi connectivity index (χ3v) is 2.77. The summed E-state index contributed by atoms with van der Waals surface area (Å²) < 4.78 is 4.97. The Hall–Kier alpha value is -0.610. The fourth-order valence-electron chi connectivity index (χ4n) is 1.79. The van der Waals surface area contributed by atoms with Gasteiger partial charge in [-0.2, -0.15) is 0 Å². The lowest BCUT2D eigenvalue weighted by Gasteiger charge is -2.24. The van der Waals surface area contributed by atoms with Crippen molar-refractivity contribution < 1.29 is 9.53 Å². The summed E-state index contributed by atoms with van der Waals surface area (Å²) in [7, 11) is 1.68. The van der Waals surface area contributed by atoms with Gasteiger partial charge in [-0.05, 0) is 32.7 Å². The number of hydrogen-bond donors (Lipinski definition) is 2. The first-order valence-electron chi connectivity index (χ1n) is 5.76. The highest BCUT2D eigenvalue weighted by molar-refractivity contribution is 5.82. The average molecular weight is 214 g/mol. The number of piperidine rings is 1. The highest BCUT2D eigenvalue weighted by Gasteiger charge is 2.21. The van der Waals surface area contributed by atoms with E-state index in [2.05, 4.69) is 10.6 Å². The number of carbonyl (C=O) groups is 1. The summed E-state index contributed by atoms with van der Waals surface area (Å²) in [6.45, 7) is 3.67. The van der Waals surface area contributed by atoms with E-state index >= 15 is 0 Å². The fraction of sp³-hybridized carbons (Fsp3) is 0.909. The molecule has 88 valence electrons. The molecule has 2 atom stereocenters. The van der Waals surface area contributed by atoms with Crippen molar-refractivity contribution in [3.63, 3.8) is 0 Å². The molecule has 1 aliphatic rings. The van der Waals surface area contributed by atoms with Crippen LogP contribution in [-0.4, -0.2) is 38.3 Å². The molecule has 0 radical (unpaired) electrons. The quantitative estimate of drug-likeness (QED) is 0.707. The Morgan fingerprint density at radius 1 is 1.60 bits per heavy atom. The van der Waals surface area contributed by atoms with Gasteiger partial charge in [-0.3, -0.25) is 4.79 Å². The van der Waals surface area contributed by atoms with Crippen LogP contribution in [0.15, 0.2) is 0 Å². The lowest BCUT2D eigenvalue weighted by atomic mass is 10.0. The first-order chi connectivity index (χ1) is 7.24. The molecule has 1 saturated heterocycles. The van der Waals surface area contributed by atoms with Crippen LogP contribution in [0.1, 0.15) is 32.6 Å². The molecule has 1 heterocycles. The van der Waals surface area contributed by atoms with Crippen molar-refractivity contribution in [2.45, 2.75) is 44.7 Å². The molecular weight excluding hydrogens is 192 g/mol. The van der Waals surface area contributed by atoms with Gasteiger partial charge in [0, 0.05) is 19.8 Å². The van der Waals surface area contributed by atoms with Gasteiger partial charge in [-0.25, -0.2) is 0 Å². The minimum Gasteiger partial charge on any atom is -0.385 e. The molecule has 1 unspecified atom stereocenters. The van der Waals surface area contributed by atoms with Gasteiger partial charge < -0.3 is 15.4 Å². The number of rotatable bonds is 5. The molecule has 1 rings (SSSR count). The number of methoxy groups -OCH3 is 1. The molecule has 0 spiro atoms. The van der Waals surface area contributed by atoms with Gasteiger partial charge in [0.25, 0.3) is 0 Å². The lowest BCUT2D eigenvalue weighted by Crippen LogP contribution is -2.49. The van der Waals surface area contributed by atoms with Gasteiger partial charge >= 0.3 is 0 Å². The molecule has 0 aromatic heterocycles. The third kappa shape index (κ3) is 4.62. The second kappa shape index (κ2) is 6.80. The average Bonchev–Trinajstić information content (AvgIpc) is 2.27. The zero-order valence-corrected chi connectivity index (χ0v) is 9.71. The SMILES string of the molecule is COCCC(C)NC(=O)[C@H]1CCCCN1. The molecule has 2 N–H and O–H groups in total. The zero-order chi connectivity index (χ0) is 11.1. The van der Waals surface area contributed by atoms with Gasteiger partial charge in [0.1, 0.15) is 0 Å². The Labute approximate surface area is 91.8 Å². The van der Waals surface area contributed by atoms with E-state index in [9.17, 15) is 4.79 Å². The second-order valence-corrected chi connectivity index (χ2v) is 4.19. The van der Waals surface area contributed by atoms with E-state index < -0.39 is 0 Å². The van der Waals surface area contributed by atoms with Crippen LogP contribution in [0, 0.1) is 0 Å². The van der Waals surface area contributed by atoms with Crippen molar-refractivity contribution >= 4 is 5.91 Å². The van der Waals surface area contributed by atoms with Gasteiger partial charge in [0.2, 0.25) is 5.91 Å². The number of carbonyl (C=O) groups excluding carboxylic acids is 1. The van der Waals surface area contributed by atoms with Gasteiger partial charge in [0.05, 0.1) is 6.04 Å². The number of hydrogen-bond acceptors (Lipinski definition) is 3. The molecule has 1 amide bonds. The first kappa shape index (κ1) is 12.5. The van der Waals surface area contributed by atoms with E-state index in [4.69, 9.17) is 4.74 Å². The van der Waals surface area contributed by atoms with Gasteiger partial charge in [-0.1, -0.05) is 6.42 Å². The van der Waals surface area contributed by atoms with Gasteiger partial charge in [0.15, 0.2) is 0 Å². The van der Waals surface area contributed by atoms with E-state index in [0.29, 0.717) is 6.61 Å². The van der Waals surface area contributed by atoms with Crippen molar-refractivity contribution in [1.29, 1.82) is 0 Å². The minimum atomic E-state index is 0.0174. The van der Waals surface area contributed by atoms with E-state index in [1.54, 1.807) is 7.11 Å². The van der Waals surface area contributed by atoms with E-state index in [0.717, 1.165) is 25.8 Å². The molecule has 0 aromatic rings. The number of amides is 1. The molecule has 4 nitrogen and oxygen atoms in total. The van der Waals surface area contributed by atoms with Crippen LogP contribution < -0.4 is 10.6 Å². The summed E-state index contributed by atoms with van der Waals surface area (Å²) >= 11 is 0. The van der Waals surface area contributed by atoms with E-state index in [1.807, 2.05) is 6.92 Å². The molecule has 0 aliphatic carbocycles. The Kier molecular flexibility index (Phi) is 5.65. The monoisotopic (exact) mass is 214 g/mol. The molecule has 15 heavy (non-hydrogen) atoms. The normalized spacial score (nSPS) is 23.5.